The van der Waals surface area contributed by atoms with E-state index in [0.29, 0.717) is 6.61 Å². The first-order valence-corrected chi connectivity index (χ1v) is 21.6. The van der Waals surface area contributed by atoms with E-state index in [1.165, 1.54) is 134 Å². The van der Waals surface area contributed by atoms with E-state index in [9.17, 15) is 0 Å². The topological polar surface area (TPSA) is 18.5 Å². The molecule has 0 bridgehead atoms. The van der Waals surface area contributed by atoms with Gasteiger partial charge < -0.3 is 9.47 Å². The Labute approximate surface area is 326 Å². The van der Waals surface area contributed by atoms with E-state index in [4.69, 9.17) is 9.47 Å². The molecule has 0 saturated heterocycles. The number of hydrogen-bond donors (Lipinski definition) is 0. The third kappa shape index (κ3) is 9.91. The van der Waals surface area contributed by atoms with E-state index in [-0.39, 0.29) is 0 Å². The van der Waals surface area contributed by atoms with Crippen LogP contribution < -0.4 is 9.47 Å². The Hall–Kier alpha value is -2.56. The van der Waals surface area contributed by atoms with Crippen LogP contribution in [0.2, 0.25) is 0 Å². The second-order valence-electron chi connectivity index (χ2n) is 14.8. The van der Waals surface area contributed by atoms with Gasteiger partial charge in [0.15, 0.2) is 11.5 Å². The van der Waals surface area contributed by atoms with E-state index in [1.54, 1.807) is 0 Å². The number of halogens is 2. The third-order valence-corrected chi connectivity index (χ3v) is 11.7. The van der Waals surface area contributed by atoms with Crippen LogP contribution in [0.25, 0.3) is 11.1 Å². The quantitative estimate of drug-likeness (QED) is 0.0648. The summed E-state index contributed by atoms with van der Waals surface area (Å²) in [5, 5.41) is 0. The Balaban J connectivity index is 1.48. The molecular weight excluding hydrogens is 756 g/mol. The number of fused-ring (bicyclic) bond motifs is 3. The van der Waals surface area contributed by atoms with E-state index in [2.05, 4.69) is 132 Å². The molecule has 1 aliphatic rings. The van der Waals surface area contributed by atoms with E-state index in [0.717, 1.165) is 39.9 Å². The molecule has 4 heteroatoms. The average Bonchev–Trinajstić information content (AvgIpc) is 3.40. The zero-order chi connectivity index (χ0) is 36.1. The summed E-state index contributed by atoms with van der Waals surface area (Å²) >= 11 is 7.72. The van der Waals surface area contributed by atoms with Crippen LogP contribution in [0.3, 0.4) is 0 Å². The molecule has 0 spiro atoms. The fourth-order valence-corrected chi connectivity index (χ4v) is 8.70. The molecule has 0 aromatic heterocycles. The molecule has 2 nitrogen and oxygen atoms in total. The van der Waals surface area contributed by atoms with Crippen LogP contribution in [0.4, 0.5) is 0 Å². The molecule has 0 aliphatic heterocycles. The molecule has 0 radical (unpaired) electrons. The Kier molecular flexibility index (Phi) is 15.6. The van der Waals surface area contributed by atoms with Crippen LogP contribution in [-0.2, 0) is 5.41 Å². The molecule has 274 valence electrons. The van der Waals surface area contributed by atoms with Crippen LogP contribution in [0.15, 0.2) is 81.7 Å². The van der Waals surface area contributed by atoms with Crippen molar-refractivity contribution in [3.8, 4) is 22.6 Å². The lowest BCUT2D eigenvalue weighted by Gasteiger charge is -2.36. The van der Waals surface area contributed by atoms with Gasteiger partial charge in [0.2, 0.25) is 0 Å². The fourth-order valence-electron chi connectivity index (χ4n) is 7.97. The first-order chi connectivity index (χ1) is 24.9. The van der Waals surface area contributed by atoms with Gasteiger partial charge in [-0.3, -0.25) is 0 Å². The van der Waals surface area contributed by atoms with Crippen molar-refractivity contribution < 1.29 is 9.47 Å². The summed E-state index contributed by atoms with van der Waals surface area (Å²) < 4.78 is 15.4. The summed E-state index contributed by atoms with van der Waals surface area (Å²) in [5.74, 6) is 1.72. The van der Waals surface area contributed by atoms with Crippen LogP contribution in [0.5, 0.6) is 11.5 Å². The van der Waals surface area contributed by atoms with Crippen molar-refractivity contribution in [1.82, 2.24) is 0 Å². The Morgan fingerprint density at radius 1 is 0.471 bits per heavy atom. The zero-order valence-electron chi connectivity index (χ0n) is 31.7. The number of aryl methyl sites for hydroxylation is 2. The van der Waals surface area contributed by atoms with Gasteiger partial charge >= 0.3 is 0 Å². The fraction of sp³-hybridized carbons (Fsp3) is 0.489. The maximum atomic E-state index is 6.73. The van der Waals surface area contributed by atoms with Crippen LogP contribution in [0, 0.1) is 13.8 Å². The molecule has 0 saturated carbocycles. The summed E-state index contributed by atoms with van der Waals surface area (Å²) in [7, 11) is 0. The molecular formula is C47H60Br2O2. The smallest absolute Gasteiger partial charge is 0.161 e. The van der Waals surface area contributed by atoms with Crippen LogP contribution in [0.1, 0.15) is 150 Å². The van der Waals surface area contributed by atoms with Crippen molar-refractivity contribution >= 4 is 31.9 Å². The highest BCUT2D eigenvalue weighted by atomic mass is 79.9. The van der Waals surface area contributed by atoms with E-state index in [1.807, 2.05) is 0 Å². The summed E-state index contributed by atoms with van der Waals surface area (Å²) in [6.45, 7) is 10.4. The molecule has 51 heavy (non-hydrogen) atoms. The summed E-state index contributed by atoms with van der Waals surface area (Å²) in [5.41, 5.74) is 9.65. The van der Waals surface area contributed by atoms with Gasteiger partial charge in [0, 0.05) is 8.95 Å². The predicted octanol–water partition coefficient (Wildman–Crippen LogP) is 15.2. The predicted molar refractivity (Wildman–Crippen MR) is 225 cm³/mol. The summed E-state index contributed by atoms with van der Waals surface area (Å²) in [6, 6.07) is 27.2. The summed E-state index contributed by atoms with van der Waals surface area (Å²) in [4.78, 5) is 0. The van der Waals surface area contributed by atoms with E-state index >= 15 is 0 Å². The lowest BCUT2D eigenvalue weighted by Crippen LogP contribution is -2.30. The molecule has 0 unspecified atom stereocenters. The standard InChI is InChI=1S/C47H60Br2O2/c1-5-7-9-11-13-15-17-19-29-50-45-28-23-37(32-46(45)51-30-20-18-16-14-12-10-8-6-2)47(42-31-35(3)21-22-36(42)4)43-33-38(48)24-26-40(43)41-27-25-39(49)34-44(41)47/h21-28,31-34H,5-20,29-30H2,1-4H3. The molecule has 0 atom stereocenters. The number of hydrogen-bond acceptors (Lipinski definition) is 2. The van der Waals surface area contributed by atoms with Gasteiger partial charge in [0.25, 0.3) is 0 Å². The van der Waals surface area contributed by atoms with Crippen molar-refractivity contribution in [2.24, 2.45) is 0 Å². The van der Waals surface area contributed by atoms with Crippen molar-refractivity contribution in [2.45, 2.75) is 136 Å². The number of unbranched alkanes of at least 4 members (excludes halogenated alkanes) is 14. The molecule has 4 aromatic carbocycles. The first-order valence-electron chi connectivity index (χ1n) is 20.0. The van der Waals surface area contributed by atoms with Gasteiger partial charge in [-0.25, -0.2) is 0 Å². The highest BCUT2D eigenvalue weighted by Crippen LogP contribution is 2.58. The van der Waals surface area contributed by atoms with Gasteiger partial charge in [-0.2, -0.15) is 0 Å². The van der Waals surface area contributed by atoms with Gasteiger partial charge in [-0.05, 0) is 102 Å². The van der Waals surface area contributed by atoms with Gasteiger partial charge in [-0.15, -0.1) is 0 Å². The average molecular weight is 817 g/mol. The molecule has 0 heterocycles. The molecule has 1 aliphatic carbocycles. The number of benzene rings is 4. The minimum Gasteiger partial charge on any atom is -0.490 e. The maximum Gasteiger partial charge on any atom is 0.161 e. The molecule has 0 fully saturated rings. The third-order valence-electron chi connectivity index (χ3n) is 10.7. The zero-order valence-corrected chi connectivity index (χ0v) is 34.9. The summed E-state index contributed by atoms with van der Waals surface area (Å²) in [6.07, 6.45) is 20.5. The van der Waals surface area contributed by atoms with Crippen molar-refractivity contribution in [1.29, 1.82) is 0 Å². The Bertz CT molecular complexity index is 1640. The van der Waals surface area contributed by atoms with Gasteiger partial charge in [0.05, 0.1) is 18.6 Å². The molecule has 5 rings (SSSR count). The normalized spacial score (nSPS) is 12.9. The minimum absolute atomic E-state index is 0.527. The molecule has 0 amide bonds. The maximum absolute atomic E-state index is 6.73. The van der Waals surface area contributed by atoms with Gasteiger partial charge in [-0.1, -0.05) is 178 Å². The first kappa shape index (κ1) is 39.6. The highest BCUT2D eigenvalue weighted by Gasteiger charge is 2.47. The lowest BCUT2D eigenvalue weighted by atomic mass is 9.66. The number of rotatable bonds is 22. The van der Waals surface area contributed by atoms with E-state index < -0.39 is 5.41 Å². The number of ether oxygens (including phenoxy) is 2. The second-order valence-corrected chi connectivity index (χ2v) is 16.6. The Morgan fingerprint density at radius 2 is 0.961 bits per heavy atom. The van der Waals surface area contributed by atoms with Gasteiger partial charge in [0.1, 0.15) is 0 Å². The van der Waals surface area contributed by atoms with Crippen LogP contribution in [-0.4, -0.2) is 13.2 Å². The Morgan fingerprint density at radius 3 is 1.49 bits per heavy atom. The van der Waals surface area contributed by atoms with Crippen molar-refractivity contribution in [3.63, 3.8) is 0 Å². The van der Waals surface area contributed by atoms with Crippen molar-refractivity contribution in [2.75, 3.05) is 13.2 Å². The van der Waals surface area contributed by atoms with Crippen LogP contribution >= 0.6 is 31.9 Å². The van der Waals surface area contributed by atoms with Crippen molar-refractivity contribution in [3.05, 3.63) is 115 Å². The minimum atomic E-state index is -0.527. The molecule has 4 aromatic rings. The monoisotopic (exact) mass is 814 g/mol. The second kappa shape index (κ2) is 20.0. The largest absolute Gasteiger partial charge is 0.490 e. The SMILES string of the molecule is CCCCCCCCCCOc1ccc(C2(c3cc(C)ccc3C)c3cc(Br)ccc3-c3ccc(Br)cc32)cc1OCCCCCCCCCC. The lowest BCUT2D eigenvalue weighted by molar-refractivity contribution is 0.258. The molecule has 0 N–H and O–H groups in total. The highest BCUT2D eigenvalue weighted by molar-refractivity contribution is 9.10.